The molecule has 0 radical (unpaired) electrons. The molecule has 5 heteroatoms. The highest BCUT2D eigenvalue weighted by molar-refractivity contribution is 7.18. The quantitative estimate of drug-likeness (QED) is 0.665. The number of hydrogen-bond acceptors (Lipinski definition) is 4. The molecule has 0 atom stereocenters. The number of fused-ring (bicyclic) bond motifs is 3. The molecular weight excluding hydrogens is 344 g/mol. The van der Waals surface area contributed by atoms with E-state index in [0.717, 1.165) is 46.6 Å². The Morgan fingerprint density at radius 2 is 2.04 bits per heavy atom. The summed E-state index contributed by atoms with van der Waals surface area (Å²) in [6.07, 6.45) is 10.5. The second-order valence-electron chi connectivity index (χ2n) is 6.54. The fraction of sp³-hybridized carbons (Fsp3) is 0.333. The molecule has 0 bridgehead atoms. The second kappa shape index (κ2) is 6.97. The maximum absolute atomic E-state index is 13.2. The zero-order valence-corrected chi connectivity index (χ0v) is 15.6. The van der Waals surface area contributed by atoms with Gasteiger partial charge >= 0.3 is 0 Å². The first-order valence-electron chi connectivity index (χ1n) is 8.81. The van der Waals surface area contributed by atoms with Crippen LogP contribution in [0.15, 0.2) is 29.1 Å². The predicted octanol–water partition coefficient (Wildman–Crippen LogP) is 3.57. The zero-order chi connectivity index (χ0) is 18.1. The van der Waals surface area contributed by atoms with Crippen molar-refractivity contribution in [2.45, 2.75) is 38.6 Å². The molecule has 0 N–H and O–H groups in total. The molecule has 1 aromatic carbocycles. The molecule has 0 fully saturated rings. The van der Waals surface area contributed by atoms with Crippen LogP contribution in [0.2, 0.25) is 0 Å². The number of benzene rings is 1. The van der Waals surface area contributed by atoms with E-state index in [4.69, 9.17) is 16.1 Å². The van der Waals surface area contributed by atoms with Crippen molar-refractivity contribution >= 4 is 21.6 Å². The first kappa shape index (κ1) is 16.9. The first-order chi connectivity index (χ1) is 12.7. The highest BCUT2D eigenvalue weighted by Crippen LogP contribution is 2.34. The minimum absolute atomic E-state index is 0.0101. The average Bonchev–Trinajstić information content (AvgIpc) is 3.04. The molecule has 2 heterocycles. The molecule has 4 rings (SSSR count). The number of rotatable bonds is 4. The van der Waals surface area contributed by atoms with Crippen molar-refractivity contribution in [1.29, 1.82) is 0 Å². The standard InChI is InChI=1S/C21H20N2O2S/c1-3-12-23-18(13-14-8-10-15(25-2)11-9-14)22-20-19(21(23)24)16-6-4-5-7-17(16)26-20/h1,8-11H,4-7,12-13H2,2H3. The Kier molecular flexibility index (Phi) is 4.52. The lowest BCUT2D eigenvalue weighted by Crippen LogP contribution is -2.25. The van der Waals surface area contributed by atoms with E-state index in [2.05, 4.69) is 5.92 Å². The average molecular weight is 364 g/mol. The molecule has 2 aromatic heterocycles. The van der Waals surface area contributed by atoms with Gasteiger partial charge in [0.25, 0.3) is 5.56 Å². The van der Waals surface area contributed by atoms with Gasteiger partial charge in [0.05, 0.1) is 19.0 Å². The third kappa shape index (κ3) is 2.91. The van der Waals surface area contributed by atoms with E-state index in [1.165, 1.54) is 16.9 Å². The van der Waals surface area contributed by atoms with E-state index >= 15 is 0 Å². The van der Waals surface area contributed by atoms with Crippen molar-refractivity contribution in [3.63, 3.8) is 0 Å². The summed E-state index contributed by atoms with van der Waals surface area (Å²) in [5.74, 6) is 4.15. The fourth-order valence-electron chi connectivity index (χ4n) is 3.60. The monoisotopic (exact) mass is 364 g/mol. The van der Waals surface area contributed by atoms with Crippen LogP contribution < -0.4 is 10.3 Å². The maximum atomic E-state index is 13.2. The summed E-state index contributed by atoms with van der Waals surface area (Å²) in [5, 5.41) is 0.790. The molecule has 0 saturated heterocycles. The summed E-state index contributed by atoms with van der Waals surface area (Å²) in [5.41, 5.74) is 2.29. The highest BCUT2D eigenvalue weighted by Gasteiger charge is 2.21. The molecule has 132 valence electrons. The van der Waals surface area contributed by atoms with E-state index in [1.807, 2.05) is 24.3 Å². The van der Waals surface area contributed by atoms with Crippen molar-refractivity contribution < 1.29 is 4.74 Å². The number of methoxy groups -OCH3 is 1. The molecule has 0 spiro atoms. The van der Waals surface area contributed by atoms with Crippen molar-refractivity contribution in [2.24, 2.45) is 0 Å². The topological polar surface area (TPSA) is 44.1 Å². The Balaban J connectivity index is 1.83. The van der Waals surface area contributed by atoms with Crippen LogP contribution in [0.25, 0.3) is 10.2 Å². The van der Waals surface area contributed by atoms with Crippen LogP contribution in [0.1, 0.15) is 34.7 Å². The lowest BCUT2D eigenvalue weighted by molar-refractivity contribution is 0.414. The molecule has 4 nitrogen and oxygen atoms in total. The molecule has 1 aliphatic carbocycles. The summed E-state index contributed by atoms with van der Waals surface area (Å²) in [6, 6.07) is 7.83. The van der Waals surface area contributed by atoms with E-state index in [1.54, 1.807) is 23.0 Å². The van der Waals surface area contributed by atoms with Gasteiger partial charge in [0.1, 0.15) is 16.4 Å². The Morgan fingerprint density at radius 1 is 1.27 bits per heavy atom. The van der Waals surface area contributed by atoms with Crippen LogP contribution in [0.3, 0.4) is 0 Å². The minimum Gasteiger partial charge on any atom is -0.497 e. The van der Waals surface area contributed by atoms with E-state index in [-0.39, 0.29) is 12.1 Å². The zero-order valence-electron chi connectivity index (χ0n) is 14.7. The summed E-state index contributed by atoms with van der Waals surface area (Å²) in [7, 11) is 1.65. The van der Waals surface area contributed by atoms with Crippen molar-refractivity contribution in [3.05, 3.63) is 56.4 Å². The van der Waals surface area contributed by atoms with Gasteiger partial charge in [-0.05, 0) is 48.9 Å². The lowest BCUT2D eigenvalue weighted by atomic mass is 9.97. The Labute approximate surface area is 156 Å². The highest BCUT2D eigenvalue weighted by atomic mass is 32.1. The third-order valence-electron chi connectivity index (χ3n) is 4.92. The number of terminal acetylenes is 1. The van der Waals surface area contributed by atoms with Crippen LogP contribution in [0.4, 0.5) is 0 Å². The normalized spacial score (nSPS) is 13.4. The third-order valence-corrected chi connectivity index (χ3v) is 6.11. The van der Waals surface area contributed by atoms with E-state index in [9.17, 15) is 4.79 Å². The minimum atomic E-state index is 0.0101. The lowest BCUT2D eigenvalue weighted by Gasteiger charge is -2.12. The van der Waals surface area contributed by atoms with Gasteiger partial charge < -0.3 is 4.74 Å². The second-order valence-corrected chi connectivity index (χ2v) is 7.62. The van der Waals surface area contributed by atoms with Crippen molar-refractivity contribution in [3.8, 4) is 18.1 Å². The number of nitrogens with zero attached hydrogens (tertiary/aromatic N) is 2. The van der Waals surface area contributed by atoms with Crippen LogP contribution in [-0.4, -0.2) is 16.7 Å². The molecule has 26 heavy (non-hydrogen) atoms. The Hall–Kier alpha value is -2.58. The first-order valence-corrected chi connectivity index (χ1v) is 9.63. The number of aryl methyl sites for hydroxylation is 2. The largest absolute Gasteiger partial charge is 0.497 e. The van der Waals surface area contributed by atoms with Gasteiger partial charge in [-0.15, -0.1) is 17.8 Å². The Bertz CT molecular complexity index is 1050. The van der Waals surface area contributed by atoms with E-state index < -0.39 is 0 Å². The van der Waals surface area contributed by atoms with Crippen LogP contribution in [-0.2, 0) is 25.8 Å². The smallest absolute Gasteiger partial charge is 0.263 e. The molecule has 0 saturated carbocycles. The SMILES string of the molecule is C#CCn1c(Cc2ccc(OC)cc2)nc2sc3c(c2c1=O)CCCC3. The number of hydrogen-bond donors (Lipinski definition) is 0. The summed E-state index contributed by atoms with van der Waals surface area (Å²) in [6.45, 7) is 0.248. The predicted molar refractivity (Wildman–Crippen MR) is 105 cm³/mol. The number of aromatic nitrogens is 2. The van der Waals surface area contributed by atoms with Crippen LogP contribution >= 0.6 is 11.3 Å². The number of thiophene rings is 1. The van der Waals surface area contributed by atoms with Gasteiger partial charge in [0, 0.05) is 11.3 Å². The van der Waals surface area contributed by atoms with Gasteiger partial charge in [-0.3, -0.25) is 9.36 Å². The Morgan fingerprint density at radius 3 is 2.77 bits per heavy atom. The molecule has 0 unspecified atom stereocenters. The molecular formula is C21H20N2O2S. The summed E-state index contributed by atoms with van der Waals surface area (Å²) < 4.78 is 6.87. The van der Waals surface area contributed by atoms with Crippen LogP contribution in [0.5, 0.6) is 5.75 Å². The molecule has 0 amide bonds. The van der Waals surface area contributed by atoms with Gasteiger partial charge in [-0.2, -0.15) is 0 Å². The van der Waals surface area contributed by atoms with Gasteiger partial charge in [0.15, 0.2) is 0 Å². The van der Waals surface area contributed by atoms with Crippen LogP contribution in [0, 0.1) is 12.3 Å². The van der Waals surface area contributed by atoms with E-state index in [0.29, 0.717) is 6.42 Å². The van der Waals surface area contributed by atoms with Crippen molar-refractivity contribution in [2.75, 3.05) is 7.11 Å². The summed E-state index contributed by atoms with van der Waals surface area (Å²) in [4.78, 5) is 20.2. The molecule has 3 aromatic rings. The fourth-order valence-corrected chi connectivity index (χ4v) is 4.87. The number of ether oxygens (including phenoxy) is 1. The molecule has 1 aliphatic rings. The van der Waals surface area contributed by atoms with Crippen molar-refractivity contribution in [1.82, 2.24) is 9.55 Å². The maximum Gasteiger partial charge on any atom is 0.263 e. The van der Waals surface area contributed by atoms with Gasteiger partial charge in [-0.1, -0.05) is 18.1 Å². The molecule has 0 aliphatic heterocycles. The van der Waals surface area contributed by atoms with Gasteiger partial charge in [-0.25, -0.2) is 4.98 Å². The summed E-state index contributed by atoms with van der Waals surface area (Å²) >= 11 is 1.68. The van der Waals surface area contributed by atoms with Gasteiger partial charge in [0.2, 0.25) is 0 Å².